The van der Waals surface area contributed by atoms with Gasteiger partial charge in [0.15, 0.2) is 5.82 Å². The Morgan fingerprint density at radius 2 is 2.10 bits per heavy atom. The van der Waals surface area contributed by atoms with Crippen molar-refractivity contribution in [2.75, 3.05) is 5.32 Å². The Morgan fingerprint density at radius 3 is 2.57 bits per heavy atom. The number of nitrogens with one attached hydrogen (secondary N) is 2. The molecule has 0 fully saturated rings. The van der Waals surface area contributed by atoms with Gasteiger partial charge in [0, 0.05) is 23.7 Å². The van der Waals surface area contributed by atoms with E-state index in [2.05, 4.69) is 41.4 Å². The Labute approximate surface area is 124 Å². The van der Waals surface area contributed by atoms with E-state index in [-0.39, 0.29) is 11.3 Å². The number of aromatic amines is 1. The zero-order valence-corrected chi connectivity index (χ0v) is 13.5. The minimum atomic E-state index is -0.197. The summed E-state index contributed by atoms with van der Waals surface area (Å²) in [6.07, 6.45) is 0.856. The molecule has 2 aromatic heterocycles. The van der Waals surface area contributed by atoms with Crippen LogP contribution in [0.5, 0.6) is 0 Å². The number of carbonyl (C=O) groups is 1. The lowest BCUT2D eigenvalue weighted by molar-refractivity contribution is 0.101. The van der Waals surface area contributed by atoms with Crippen LogP contribution in [0.4, 0.5) is 5.82 Å². The normalized spacial score (nSPS) is 11.7. The summed E-state index contributed by atoms with van der Waals surface area (Å²) >= 11 is 0. The van der Waals surface area contributed by atoms with Crippen LogP contribution < -0.4 is 5.32 Å². The third-order valence-corrected chi connectivity index (χ3v) is 3.58. The molecule has 1 amide bonds. The molecule has 0 unspecified atom stereocenters. The highest BCUT2D eigenvalue weighted by atomic mass is 16.2. The number of rotatable bonds is 3. The van der Waals surface area contributed by atoms with E-state index in [1.165, 1.54) is 0 Å². The minimum absolute atomic E-state index is 0.0894. The van der Waals surface area contributed by atoms with Gasteiger partial charge < -0.3 is 5.32 Å². The summed E-state index contributed by atoms with van der Waals surface area (Å²) in [4.78, 5) is 12.4. The Balaban J connectivity index is 2.24. The second-order valence-electron chi connectivity index (χ2n) is 6.27. The molecule has 0 aromatic carbocycles. The molecule has 2 aromatic rings. The molecular weight excluding hydrogens is 266 g/mol. The van der Waals surface area contributed by atoms with Gasteiger partial charge in [-0.05, 0) is 19.4 Å². The molecule has 6 heteroatoms. The summed E-state index contributed by atoms with van der Waals surface area (Å²) < 4.78 is 1.61. The van der Waals surface area contributed by atoms with E-state index in [1.807, 2.05) is 19.9 Å². The third-order valence-electron chi connectivity index (χ3n) is 3.58. The van der Waals surface area contributed by atoms with Gasteiger partial charge in [-0.25, -0.2) is 0 Å². The smallest absolute Gasteiger partial charge is 0.275 e. The number of H-pyrrole nitrogens is 1. The number of anilines is 1. The lowest BCUT2D eigenvalue weighted by Crippen LogP contribution is -2.16. The topological polar surface area (TPSA) is 75.6 Å². The van der Waals surface area contributed by atoms with E-state index in [0.29, 0.717) is 11.5 Å². The summed E-state index contributed by atoms with van der Waals surface area (Å²) in [6, 6.07) is 1.83. The molecule has 0 aliphatic rings. The quantitative estimate of drug-likeness (QED) is 0.911. The van der Waals surface area contributed by atoms with Gasteiger partial charge in [-0.1, -0.05) is 27.7 Å². The van der Waals surface area contributed by atoms with Gasteiger partial charge >= 0.3 is 0 Å². The van der Waals surface area contributed by atoms with E-state index >= 15 is 0 Å². The molecule has 0 bridgehead atoms. The van der Waals surface area contributed by atoms with Crippen LogP contribution in [-0.2, 0) is 18.9 Å². The van der Waals surface area contributed by atoms with E-state index in [0.717, 1.165) is 23.4 Å². The summed E-state index contributed by atoms with van der Waals surface area (Å²) in [5.74, 6) is 0.383. The number of aryl methyl sites for hydroxylation is 2. The molecule has 6 nitrogen and oxygen atoms in total. The largest absolute Gasteiger partial charge is 0.304 e. The molecule has 0 saturated heterocycles. The molecule has 2 heterocycles. The van der Waals surface area contributed by atoms with Crippen LogP contribution in [0.2, 0.25) is 0 Å². The Hall–Kier alpha value is -2.11. The van der Waals surface area contributed by atoms with Crippen LogP contribution in [0.3, 0.4) is 0 Å². The van der Waals surface area contributed by atoms with Crippen LogP contribution in [0.25, 0.3) is 0 Å². The minimum Gasteiger partial charge on any atom is -0.304 e. The standard InChI is InChI=1S/C15H23N5O/c1-7-10-9(2)13(18-17-10)16-14(21)11-8-12(15(3,4)5)19-20(11)6/h8H,7H2,1-6H3,(H2,16,17,18,21). The van der Waals surface area contributed by atoms with Crippen molar-refractivity contribution in [3.05, 3.63) is 28.7 Å². The van der Waals surface area contributed by atoms with E-state index in [1.54, 1.807) is 11.7 Å². The maximum atomic E-state index is 12.4. The highest BCUT2D eigenvalue weighted by molar-refractivity contribution is 6.03. The number of carbonyl (C=O) groups excluding carboxylic acids is 1. The van der Waals surface area contributed by atoms with Crippen LogP contribution in [-0.4, -0.2) is 25.9 Å². The predicted molar refractivity (Wildman–Crippen MR) is 82.6 cm³/mol. The first kappa shape index (κ1) is 15.3. The molecule has 0 radical (unpaired) electrons. The Bertz CT molecular complexity index is 660. The molecule has 0 spiro atoms. The summed E-state index contributed by atoms with van der Waals surface area (Å²) in [5, 5.41) is 14.3. The van der Waals surface area contributed by atoms with Crippen LogP contribution in [0.1, 0.15) is 55.1 Å². The van der Waals surface area contributed by atoms with Crippen LogP contribution in [0, 0.1) is 6.92 Å². The van der Waals surface area contributed by atoms with Crippen molar-refractivity contribution >= 4 is 11.7 Å². The average molecular weight is 289 g/mol. The molecule has 2 N–H and O–H groups in total. The zero-order valence-electron chi connectivity index (χ0n) is 13.5. The first-order valence-electron chi connectivity index (χ1n) is 7.13. The number of hydrogen-bond acceptors (Lipinski definition) is 3. The van der Waals surface area contributed by atoms with Crippen molar-refractivity contribution in [1.82, 2.24) is 20.0 Å². The fourth-order valence-electron chi connectivity index (χ4n) is 2.12. The van der Waals surface area contributed by atoms with E-state index in [9.17, 15) is 4.79 Å². The van der Waals surface area contributed by atoms with Gasteiger partial charge in [-0.3, -0.25) is 14.6 Å². The molecular formula is C15H23N5O. The van der Waals surface area contributed by atoms with Gasteiger partial charge in [-0.2, -0.15) is 10.2 Å². The molecule has 0 aliphatic carbocycles. The van der Waals surface area contributed by atoms with Gasteiger partial charge in [0.05, 0.1) is 5.69 Å². The molecule has 0 aliphatic heterocycles. The van der Waals surface area contributed by atoms with Crippen LogP contribution >= 0.6 is 0 Å². The van der Waals surface area contributed by atoms with Crippen molar-refractivity contribution in [3.8, 4) is 0 Å². The predicted octanol–water partition coefficient (Wildman–Crippen LogP) is 2.56. The molecule has 0 saturated carbocycles. The summed E-state index contributed by atoms with van der Waals surface area (Å²) in [7, 11) is 1.78. The van der Waals surface area contributed by atoms with Crippen molar-refractivity contribution in [2.24, 2.45) is 7.05 Å². The third kappa shape index (κ3) is 2.99. The first-order chi connectivity index (χ1) is 9.74. The van der Waals surface area contributed by atoms with Gasteiger partial charge in [0.2, 0.25) is 0 Å². The lowest BCUT2D eigenvalue weighted by atomic mass is 9.92. The fraction of sp³-hybridized carbons (Fsp3) is 0.533. The Morgan fingerprint density at radius 1 is 1.43 bits per heavy atom. The maximum Gasteiger partial charge on any atom is 0.275 e. The highest BCUT2D eigenvalue weighted by Crippen LogP contribution is 2.22. The molecule has 2 rings (SSSR count). The second-order valence-corrected chi connectivity index (χ2v) is 6.27. The number of aromatic nitrogens is 4. The van der Waals surface area contributed by atoms with Crippen molar-refractivity contribution < 1.29 is 4.79 Å². The summed E-state index contributed by atoms with van der Waals surface area (Å²) in [5.41, 5.74) is 3.34. The number of nitrogens with zero attached hydrogens (tertiary/aromatic N) is 3. The average Bonchev–Trinajstić information content (AvgIpc) is 2.93. The first-order valence-corrected chi connectivity index (χ1v) is 7.13. The van der Waals surface area contributed by atoms with Gasteiger partial charge in [0.1, 0.15) is 5.69 Å². The SMILES string of the molecule is CCc1[nH]nc(NC(=O)c2cc(C(C)(C)C)nn2C)c1C. The summed E-state index contributed by atoms with van der Waals surface area (Å²) in [6.45, 7) is 10.2. The second kappa shape index (κ2) is 5.35. The molecule has 21 heavy (non-hydrogen) atoms. The number of amides is 1. The van der Waals surface area contributed by atoms with E-state index < -0.39 is 0 Å². The highest BCUT2D eigenvalue weighted by Gasteiger charge is 2.22. The van der Waals surface area contributed by atoms with Gasteiger partial charge in [0.25, 0.3) is 5.91 Å². The van der Waals surface area contributed by atoms with Crippen molar-refractivity contribution in [2.45, 2.75) is 46.5 Å². The van der Waals surface area contributed by atoms with Crippen molar-refractivity contribution in [1.29, 1.82) is 0 Å². The monoisotopic (exact) mass is 289 g/mol. The van der Waals surface area contributed by atoms with Crippen LogP contribution in [0.15, 0.2) is 6.07 Å². The van der Waals surface area contributed by atoms with Crippen molar-refractivity contribution in [3.63, 3.8) is 0 Å². The van der Waals surface area contributed by atoms with E-state index in [4.69, 9.17) is 0 Å². The zero-order chi connectivity index (χ0) is 15.8. The van der Waals surface area contributed by atoms with Gasteiger partial charge in [-0.15, -0.1) is 0 Å². The maximum absolute atomic E-state index is 12.4. The Kier molecular flexibility index (Phi) is 3.89. The fourth-order valence-corrected chi connectivity index (χ4v) is 2.12. The lowest BCUT2D eigenvalue weighted by Gasteiger charge is -2.13. The molecule has 114 valence electrons. The number of hydrogen-bond donors (Lipinski definition) is 2. The molecule has 0 atom stereocenters.